The Labute approximate surface area is 208 Å². The van der Waals surface area contributed by atoms with E-state index in [1.165, 1.54) is 42.7 Å². The third-order valence-corrected chi connectivity index (χ3v) is 7.02. The molecular weight excluding hydrogens is 494 g/mol. The van der Waals surface area contributed by atoms with Gasteiger partial charge in [0, 0.05) is 28.6 Å². The van der Waals surface area contributed by atoms with Crippen molar-refractivity contribution in [3.05, 3.63) is 72.8 Å². The van der Waals surface area contributed by atoms with Crippen molar-refractivity contribution in [1.29, 1.82) is 5.26 Å². The van der Waals surface area contributed by atoms with E-state index in [-0.39, 0.29) is 22.0 Å². The first-order valence-corrected chi connectivity index (χ1v) is 11.7. The molecule has 0 spiro atoms. The Morgan fingerprint density at radius 2 is 2.06 bits per heavy atom. The number of carbonyl (C=O) groups is 2. The van der Waals surface area contributed by atoms with Gasteiger partial charge in [0.1, 0.15) is 28.2 Å². The molecule has 0 saturated heterocycles. The molecule has 1 aromatic carbocycles. The first-order chi connectivity index (χ1) is 16.8. The van der Waals surface area contributed by atoms with Gasteiger partial charge in [-0.25, -0.2) is 4.79 Å². The van der Waals surface area contributed by atoms with Gasteiger partial charge in [-0.1, -0.05) is 11.6 Å². The molecule has 2 aromatic heterocycles. The standard InChI is InChI=1S/C24H18ClN3O6S/c1-33-24(30)21-17-4-2-3-5-20(17)35-23(21)27-22(29)13(12-26)10-15-7-9-19(34-15)16-8-6-14(28(31)32)11-18(16)25/h6-11H,2-5H2,1H3,(H,27,29)/b13-10+. The van der Waals surface area contributed by atoms with Crippen LogP contribution in [0.3, 0.4) is 0 Å². The summed E-state index contributed by atoms with van der Waals surface area (Å²) in [4.78, 5) is 36.7. The third-order valence-electron chi connectivity index (χ3n) is 5.50. The SMILES string of the molecule is COC(=O)c1c(NC(=O)/C(C#N)=C/c2ccc(-c3ccc([N+](=O)[O-])cc3Cl)o2)sc2c1CCCC2. The van der Waals surface area contributed by atoms with Gasteiger partial charge in [-0.3, -0.25) is 14.9 Å². The zero-order valence-electron chi connectivity index (χ0n) is 18.4. The van der Waals surface area contributed by atoms with Gasteiger partial charge in [0.05, 0.1) is 22.6 Å². The second-order valence-corrected chi connectivity index (χ2v) is 9.17. The molecule has 0 saturated carbocycles. The third kappa shape index (κ3) is 4.96. The largest absolute Gasteiger partial charge is 0.465 e. The zero-order valence-corrected chi connectivity index (χ0v) is 20.0. The number of hydrogen-bond acceptors (Lipinski definition) is 8. The van der Waals surface area contributed by atoms with Gasteiger partial charge >= 0.3 is 5.97 Å². The molecule has 1 aliphatic carbocycles. The van der Waals surface area contributed by atoms with Crippen LogP contribution in [-0.4, -0.2) is 23.9 Å². The van der Waals surface area contributed by atoms with E-state index in [9.17, 15) is 25.0 Å². The van der Waals surface area contributed by atoms with E-state index >= 15 is 0 Å². The molecule has 0 bridgehead atoms. The molecule has 0 radical (unpaired) electrons. The number of halogens is 1. The number of nitrogens with zero attached hydrogens (tertiary/aromatic N) is 2. The Morgan fingerprint density at radius 3 is 2.74 bits per heavy atom. The first kappa shape index (κ1) is 24.2. The highest BCUT2D eigenvalue weighted by molar-refractivity contribution is 7.17. The van der Waals surface area contributed by atoms with Crippen molar-refractivity contribution < 1.29 is 23.7 Å². The molecule has 11 heteroatoms. The minimum atomic E-state index is -0.692. The smallest absolute Gasteiger partial charge is 0.341 e. The van der Waals surface area contributed by atoms with Crippen LogP contribution in [0.4, 0.5) is 10.7 Å². The monoisotopic (exact) mass is 511 g/mol. The molecule has 1 N–H and O–H groups in total. The molecule has 9 nitrogen and oxygen atoms in total. The van der Waals surface area contributed by atoms with Crippen LogP contribution in [0.1, 0.15) is 39.4 Å². The molecule has 3 aromatic rings. The molecule has 1 amide bonds. The Morgan fingerprint density at radius 1 is 1.29 bits per heavy atom. The molecule has 2 heterocycles. The van der Waals surface area contributed by atoms with Gasteiger partial charge in [-0.2, -0.15) is 5.26 Å². The van der Waals surface area contributed by atoms with Crippen LogP contribution >= 0.6 is 22.9 Å². The summed E-state index contributed by atoms with van der Waals surface area (Å²) < 4.78 is 10.6. The summed E-state index contributed by atoms with van der Waals surface area (Å²) in [6, 6.07) is 8.94. The number of ether oxygens (including phenoxy) is 1. The molecule has 35 heavy (non-hydrogen) atoms. The number of anilines is 1. The van der Waals surface area contributed by atoms with E-state index in [0.29, 0.717) is 21.9 Å². The van der Waals surface area contributed by atoms with Crippen molar-refractivity contribution >= 4 is 51.6 Å². The number of rotatable bonds is 6. The molecule has 0 aliphatic heterocycles. The van der Waals surface area contributed by atoms with Crippen molar-refractivity contribution in [2.75, 3.05) is 12.4 Å². The lowest BCUT2D eigenvalue weighted by molar-refractivity contribution is -0.384. The maximum Gasteiger partial charge on any atom is 0.341 e. The van der Waals surface area contributed by atoms with Crippen molar-refractivity contribution in [1.82, 2.24) is 0 Å². The number of nitrogens with one attached hydrogen (secondary N) is 1. The minimum Gasteiger partial charge on any atom is -0.465 e. The van der Waals surface area contributed by atoms with E-state index in [1.807, 2.05) is 6.07 Å². The number of aryl methyl sites for hydroxylation is 1. The number of non-ortho nitro benzene ring substituents is 1. The molecule has 0 fully saturated rings. The average Bonchev–Trinajstić information content (AvgIpc) is 3.46. The minimum absolute atomic E-state index is 0.124. The number of carbonyl (C=O) groups excluding carboxylic acids is 2. The van der Waals surface area contributed by atoms with E-state index in [0.717, 1.165) is 36.1 Å². The van der Waals surface area contributed by atoms with Crippen molar-refractivity contribution in [2.24, 2.45) is 0 Å². The number of nitro groups is 1. The summed E-state index contributed by atoms with van der Waals surface area (Å²) in [6.07, 6.45) is 4.77. The van der Waals surface area contributed by atoms with Gasteiger partial charge in [-0.15, -0.1) is 11.3 Å². The number of fused-ring (bicyclic) bond motifs is 1. The van der Waals surface area contributed by atoms with Gasteiger partial charge in [0.2, 0.25) is 0 Å². The molecular formula is C24H18ClN3O6S. The summed E-state index contributed by atoms with van der Waals surface area (Å²) in [5.74, 6) is -0.701. The van der Waals surface area contributed by atoms with Crippen LogP contribution < -0.4 is 5.32 Å². The lowest BCUT2D eigenvalue weighted by Gasteiger charge is -2.11. The number of nitro benzene ring substituents is 1. The van der Waals surface area contributed by atoms with Gasteiger partial charge < -0.3 is 14.5 Å². The quantitative estimate of drug-likeness (QED) is 0.145. The van der Waals surface area contributed by atoms with Crippen molar-refractivity contribution in [3.63, 3.8) is 0 Å². The van der Waals surface area contributed by atoms with Gasteiger partial charge in [0.25, 0.3) is 11.6 Å². The summed E-state index contributed by atoms with van der Waals surface area (Å²) in [7, 11) is 1.28. The number of nitriles is 1. The number of amides is 1. The van der Waals surface area contributed by atoms with Crippen LogP contribution in [0, 0.1) is 21.4 Å². The maximum absolute atomic E-state index is 12.9. The normalized spacial score (nSPS) is 13.0. The number of benzene rings is 1. The number of thiophene rings is 1. The number of hydrogen-bond donors (Lipinski definition) is 1. The summed E-state index contributed by atoms with van der Waals surface area (Å²) in [6.45, 7) is 0. The average molecular weight is 512 g/mol. The first-order valence-electron chi connectivity index (χ1n) is 10.5. The van der Waals surface area contributed by atoms with E-state index < -0.39 is 16.8 Å². The topological polar surface area (TPSA) is 135 Å². The van der Waals surface area contributed by atoms with Crippen molar-refractivity contribution in [3.8, 4) is 17.4 Å². The highest BCUT2D eigenvalue weighted by Crippen LogP contribution is 2.39. The second kappa shape index (κ2) is 10.1. The fourth-order valence-electron chi connectivity index (χ4n) is 3.83. The van der Waals surface area contributed by atoms with E-state index in [1.54, 1.807) is 12.1 Å². The predicted octanol–water partition coefficient (Wildman–Crippen LogP) is 5.78. The lowest BCUT2D eigenvalue weighted by atomic mass is 9.95. The molecule has 178 valence electrons. The van der Waals surface area contributed by atoms with E-state index in [4.69, 9.17) is 20.8 Å². The highest BCUT2D eigenvalue weighted by Gasteiger charge is 2.27. The molecule has 4 rings (SSSR count). The number of esters is 1. The van der Waals surface area contributed by atoms with Crippen LogP contribution in [-0.2, 0) is 22.4 Å². The van der Waals surface area contributed by atoms with Crippen LogP contribution in [0.2, 0.25) is 5.02 Å². The van der Waals surface area contributed by atoms with Crippen molar-refractivity contribution in [2.45, 2.75) is 25.7 Å². The van der Waals surface area contributed by atoms with Crippen LogP contribution in [0.5, 0.6) is 0 Å². The molecule has 0 unspecified atom stereocenters. The van der Waals surface area contributed by atoms with Crippen LogP contribution in [0.25, 0.3) is 17.4 Å². The Balaban J connectivity index is 1.59. The Kier molecular flexibility index (Phi) is 7.00. The van der Waals surface area contributed by atoms with Gasteiger partial charge in [0.15, 0.2) is 0 Å². The summed E-state index contributed by atoms with van der Waals surface area (Å²) >= 11 is 7.47. The molecule has 0 atom stereocenters. The Hall–Kier alpha value is -3.94. The summed E-state index contributed by atoms with van der Waals surface area (Å²) in [5.41, 5.74) is 1.26. The van der Waals surface area contributed by atoms with Gasteiger partial charge in [-0.05, 0) is 49.4 Å². The fourth-order valence-corrected chi connectivity index (χ4v) is 5.37. The zero-order chi connectivity index (χ0) is 25.1. The molecule has 1 aliphatic rings. The second-order valence-electron chi connectivity index (χ2n) is 7.65. The predicted molar refractivity (Wildman–Crippen MR) is 130 cm³/mol. The van der Waals surface area contributed by atoms with Crippen LogP contribution in [0.15, 0.2) is 40.3 Å². The fraction of sp³-hybridized carbons (Fsp3) is 0.208. The number of methoxy groups -OCH3 is 1. The number of furan rings is 1. The highest BCUT2D eigenvalue weighted by atomic mass is 35.5. The lowest BCUT2D eigenvalue weighted by Crippen LogP contribution is -2.16. The maximum atomic E-state index is 12.9. The summed E-state index contributed by atoms with van der Waals surface area (Å²) in [5, 5.41) is 23.6. The Bertz CT molecular complexity index is 1410. The van der Waals surface area contributed by atoms with E-state index in [2.05, 4.69) is 5.32 Å².